The molecule has 0 amide bonds. The lowest BCUT2D eigenvalue weighted by molar-refractivity contribution is 0.295. The van der Waals surface area contributed by atoms with Crippen molar-refractivity contribution in [1.82, 2.24) is 29.7 Å². The summed E-state index contributed by atoms with van der Waals surface area (Å²) in [5.74, 6) is 1.98. The van der Waals surface area contributed by atoms with Gasteiger partial charge in [0.1, 0.15) is 30.2 Å². The summed E-state index contributed by atoms with van der Waals surface area (Å²) in [6.07, 6.45) is 10.4. The van der Waals surface area contributed by atoms with Gasteiger partial charge in [-0.25, -0.2) is 19.6 Å². The molecular formula is C25H28N6O2S. The van der Waals surface area contributed by atoms with Crippen LogP contribution in [0.1, 0.15) is 67.2 Å². The van der Waals surface area contributed by atoms with Gasteiger partial charge in [-0.15, -0.1) is 0 Å². The number of nitrogens with zero attached hydrogens (tertiary/aromatic N) is 6. The first-order valence-corrected chi connectivity index (χ1v) is 12.6. The zero-order valence-corrected chi connectivity index (χ0v) is 20.3. The second kappa shape index (κ2) is 10.3. The molecule has 0 aliphatic heterocycles. The molecule has 3 aromatic heterocycles. The van der Waals surface area contributed by atoms with E-state index in [0.717, 1.165) is 40.1 Å². The van der Waals surface area contributed by atoms with E-state index in [2.05, 4.69) is 27.0 Å². The summed E-state index contributed by atoms with van der Waals surface area (Å²) in [4.78, 5) is 17.9. The van der Waals surface area contributed by atoms with Crippen molar-refractivity contribution >= 4 is 11.3 Å². The van der Waals surface area contributed by atoms with Gasteiger partial charge >= 0.3 is 6.01 Å². The summed E-state index contributed by atoms with van der Waals surface area (Å²) in [6, 6.07) is 10.0. The average molecular weight is 477 g/mol. The van der Waals surface area contributed by atoms with Crippen molar-refractivity contribution in [1.29, 1.82) is 0 Å². The number of rotatable bonds is 8. The van der Waals surface area contributed by atoms with Crippen LogP contribution >= 0.6 is 11.3 Å². The van der Waals surface area contributed by atoms with Gasteiger partial charge < -0.3 is 9.47 Å². The highest BCUT2D eigenvalue weighted by Crippen LogP contribution is 2.40. The Morgan fingerprint density at radius 2 is 1.85 bits per heavy atom. The molecule has 1 saturated carbocycles. The molecule has 9 heteroatoms. The average Bonchev–Trinajstić information content (AvgIpc) is 3.50. The molecule has 176 valence electrons. The van der Waals surface area contributed by atoms with Gasteiger partial charge in [-0.2, -0.15) is 10.1 Å². The van der Waals surface area contributed by atoms with E-state index < -0.39 is 0 Å². The highest BCUT2D eigenvalue weighted by Gasteiger charge is 2.23. The summed E-state index contributed by atoms with van der Waals surface area (Å²) in [5, 5.41) is 6.18. The Morgan fingerprint density at radius 3 is 2.59 bits per heavy atom. The van der Waals surface area contributed by atoms with Gasteiger partial charge in [-0.3, -0.25) is 0 Å². The van der Waals surface area contributed by atoms with E-state index in [1.807, 2.05) is 37.3 Å². The number of hydrogen-bond acceptors (Lipinski definition) is 8. The van der Waals surface area contributed by atoms with Crippen molar-refractivity contribution in [3.05, 3.63) is 65.1 Å². The third-order valence-corrected chi connectivity index (χ3v) is 7.09. The second-order valence-corrected chi connectivity index (χ2v) is 9.42. The van der Waals surface area contributed by atoms with Crippen LogP contribution in [0.5, 0.6) is 16.8 Å². The summed E-state index contributed by atoms with van der Waals surface area (Å²) < 4.78 is 14.0. The number of aryl methyl sites for hydroxylation is 2. The molecule has 34 heavy (non-hydrogen) atoms. The van der Waals surface area contributed by atoms with Gasteiger partial charge in [0, 0.05) is 17.8 Å². The number of thiazole rings is 1. The van der Waals surface area contributed by atoms with Crippen molar-refractivity contribution in [2.45, 2.75) is 64.9 Å². The van der Waals surface area contributed by atoms with E-state index in [1.54, 1.807) is 28.5 Å². The van der Waals surface area contributed by atoms with Gasteiger partial charge in [0.2, 0.25) is 5.06 Å². The molecule has 1 aliphatic rings. The maximum Gasteiger partial charge on any atom is 0.323 e. The quantitative estimate of drug-likeness (QED) is 0.317. The zero-order chi connectivity index (χ0) is 23.3. The first-order valence-electron chi connectivity index (χ1n) is 11.8. The number of benzene rings is 1. The summed E-state index contributed by atoms with van der Waals surface area (Å²) in [7, 11) is 0. The first kappa shape index (κ1) is 22.5. The first-order chi connectivity index (χ1) is 16.7. The molecule has 3 heterocycles. The maximum atomic E-state index is 6.13. The largest absolute Gasteiger partial charge is 0.487 e. The predicted molar refractivity (Wildman–Crippen MR) is 130 cm³/mol. The molecule has 4 aromatic rings. The van der Waals surface area contributed by atoms with Crippen LogP contribution < -0.4 is 9.47 Å². The van der Waals surface area contributed by atoms with Crippen LogP contribution in [0.15, 0.2) is 42.9 Å². The standard InChI is InChI=1S/C25H28N6O2S/c1-3-19-13-14-26-25(28-19)33-24-22(29-23(34-24)18-7-5-4-6-8-18)15-32-21-11-9-20(10-12-21)31-16-27-17(2)30-31/h9-14,16,18H,3-8,15H2,1-2H3. The third-order valence-electron chi connectivity index (χ3n) is 5.95. The fraction of sp³-hybridized carbons (Fsp3) is 0.400. The highest BCUT2D eigenvalue weighted by atomic mass is 32.1. The third kappa shape index (κ3) is 5.25. The molecule has 5 rings (SSSR count). The van der Waals surface area contributed by atoms with Crippen LogP contribution in [0.4, 0.5) is 0 Å². The summed E-state index contributed by atoms with van der Waals surface area (Å²) in [5.41, 5.74) is 2.66. The van der Waals surface area contributed by atoms with E-state index in [1.165, 1.54) is 32.1 Å². The van der Waals surface area contributed by atoms with Gasteiger partial charge in [0.05, 0.1) is 10.7 Å². The molecule has 0 unspecified atom stereocenters. The van der Waals surface area contributed by atoms with Crippen molar-refractivity contribution < 1.29 is 9.47 Å². The van der Waals surface area contributed by atoms with Crippen LogP contribution in [-0.2, 0) is 13.0 Å². The Bertz CT molecular complexity index is 1230. The van der Waals surface area contributed by atoms with E-state index in [9.17, 15) is 0 Å². The van der Waals surface area contributed by atoms with Gasteiger partial charge in [0.25, 0.3) is 0 Å². The molecule has 0 saturated heterocycles. The Kier molecular flexibility index (Phi) is 6.80. The van der Waals surface area contributed by atoms with Gasteiger partial charge in [-0.1, -0.05) is 37.5 Å². The molecule has 1 aliphatic carbocycles. The maximum absolute atomic E-state index is 6.13. The lowest BCUT2D eigenvalue weighted by Gasteiger charge is -2.18. The molecule has 1 fully saturated rings. The number of hydrogen-bond donors (Lipinski definition) is 0. The fourth-order valence-corrected chi connectivity index (χ4v) is 5.16. The molecule has 0 spiro atoms. The van der Waals surface area contributed by atoms with Gasteiger partial charge in [-0.05, 0) is 56.5 Å². The molecule has 0 bridgehead atoms. The summed E-state index contributed by atoms with van der Waals surface area (Å²) >= 11 is 1.60. The molecule has 8 nitrogen and oxygen atoms in total. The van der Waals surface area contributed by atoms with Crippen molar-refractivity contribution in [3.8, 4) is 22.5 Å². The topological polar surface area (TPSA) is 87.8 Å². The lowest BCUT2D eigenvalue weighted by Crippen LogP contribution is -2.05. The Morgan fingerprint density at radius 1 is 1.03 bits per heavy atom. The Balaban J connectivity index is 1.34. The van der Waals surface area contributed by atoms with Crippen LogP contribution in [0.2, 0.25) is 0 Å². The number of aromatic nitrogens is 6. The normalized spacial score (nSPS) is 14.3. The van der Waals surface area contributed by atoms with Crippen LogP contribution in [-0.4, -0.2) is 29.7 Å². The molecule has 1 aromatic carbocycles. The van der Waals surface area contributed by atoms with Crippen molar-refractivity contribution in [2.75, 3.05) is 0 Å². The van der Waals surface area contributed by atoms with Crippen molar-refractivity contribution in [3.63, 3.8) is 0 Å². The number of ether oxygens (including phenoxy) is 2. The van der Waals surface area contributed by atoms with Crippen LogP contribution in [0.3, 0.4) is 0 Å². The smallest absolute Gasteiger partial charge is 0.323 e. The van der Waals surface area contributed by atoms with Crippen molar-refractivity contribution in [2.24, 2.45) is 0 Å². The van der Waals surface area contributed by atoms with E-state index in [-0.39, 0.29) is 0 Å². The minimum Gasteiger partial charge on any atom is -0.487 e. The Labute approximate surface area is 203 Å². The fourth-order valence-electron chi connectivity index (χ4n) is 4.07. The zero-order valence-electron chi connectivity index (χ0n) is 19.5. The van der Waals surface area contributed by atoms with E-state index in [0.29, 0.717) is 23.6 Å². The van der Waals surface area contributed by atoms with Crippen LogP contribution in [0.25, 0.3) is 5.69 Å². The monoisotopic (exact) mass is 476 g/mol. The Hall–Kier alpha value is -3.33. The second-order valence-electron chi connectivity index (χ2n) is 8.43. The molecule has 0 radical (unpaired) electrons. The molecule has 0 N–H and O–H groups in total. The van der Waals surface area contributed by atoms with E-state index >= 15 is 0 Å². The summed E-state index contributed by atoms with van der Waals surface area (Å²) in [6.45, 7) is 4.25. The van der Waals surface area contributed by atoms with Gasteiger partial charge in [0.15, 0.2) is 0 Å². The highest BCUT2D eigenvalue weighted by molar-refractivity contribution is 7.13. The van der Waals surface area contributed by atoms with E-state index in [4.69, 9.17) is 14.5 Å². The SMILES string of the molecule is CCc1ccnc(Oc2sc(C3CCCCC3)nc2COc2ccc(-n3cnc(C)n3)cc2)n1. The van der Waals surface area contributed by atoms with Crippen LogP contribution in [0, 0.1) is 6.92 Å². The molecule has 0 atom stereocenters. The minimum absolute atomic E-state index is 0.313. The predicted octanol–water partition coefficient (Wildman–Crippen LogP) is 5.80. The molecular weight excluding hydrogens is 448 g/mol. The minimum atomic E-state index is 0.313. The lowest BCUT2D eigenvalue weighted by atomic mass is 9.90.